The lowest BCUT2D eigenvalue weighted by Crippen LogP contribution is -2.47. The first-order valence-electron chi connectivity index (χ1n) is 6.33. The zero-order chi connectivity index (χ0) is 16.3. The number of imide groups is 1. The summed E-state index contributed by atoms with van der Waals surface area (Å²) in [6.07, 6.45) is 2.45. The molecule has 10 heteroatoms. The van der Waals surface area contributed by atoms with Crippen molar-refractivity contribution >= 4 is 27.8 Å². The molecule has 8 nitrogen and oxygen atoms in total. The van der Waals surface area contributed by atoms with Crippen molar-refractivity contribution in [1.29, 1.82) is 0 Å². The zero-order valence-corrected chi connectivity index (χ0v) is 12.4. The Hall–Kier alpha value is -2.07. The minimum atomic E-state index is -3.68. The van der Waals surface area contributed by atoms with Gasteiger partial charge in [0.15, 0.2) is 0 Å². The molecule has 1 unspecified atom stereocenters. The number of aromatic nitrogens is 1. The van der Waals surface area contributed by atoms with E-state index in [9.17, 15) is 22.4 Å². The summed E-state index contributed by atoms with van der Waals surface area (Å²) in [7, 11) is -3.68. The van der Waals surface area contributed by atoms with Crippen LogP contribution >= 0.6 is 0 Å². The Kier molecular flexibility index (Phi) is 4.71. The highest BCUT2D eigenvalue weighted by Gasteiger charge is 2.26. The Morgan fingerprint density at radius 1 is 1.50 bits per heavy atom. The van der Waals surface area contributed by atoms with Gasteiger partial charge in [0.05, 0.1) is 12.9 Å². The standard InChI is InChI=1S/C12H14FN3O5S/c1-22(19,20)21-6-7-5-14-10(4-8(7)13)15-9-2-3-11(17)16-12(9)18/h4-5,9H,2-3,6H2,1H3,(H,14,15)(H,16,17,18). The number of nitrogens with one attached hydrogen (secondary N) is 2. The largest absolute Gasteiger partial charge is 0.358 e. The van der Waals surface area contributed by atoms with Gasteiger partial charge in [-0.05, 0) is 6.42 Å². The molecule has 1 atom stereocenters. The minimum absolute atomic E-state index is 0.0285. The van der Waals surface area contributed by atoms with Gasteiger partial charge in [-0.15, -0.1) is 0 Å². The lowest BCUT2D eigenvalue weighted by Gasteiger charge is -2.22. The third-order valence-electron chi connectivity index (χ3n) is 2.92. The van der Waals surface area contributed by atoms with Gasteiger partial charge in [0.2, 0.25) is 11.8 Å². The molecule has 22 heavy (non-hydrogen) atoms. The third-order valence-corrected chi connectivity index (χ3v) is 3.47. The summed E-state index contributed by atoms with van der Waals surface area (Å²) >= 11 is 0. The average molecular weight is 331 g/mol. The van der Waals surface area contributed by atoms with E-state index in [1.807, 2.05) is 0 Å². The number of amides is 2. The van der Waals surface area contributed by atoms with Crippen LogP contribution in [0.4, 0.5) is 10.2 Å². The highest BCUT2D eigenvalue weighted by Crippen LogP contribution is 2.16. The monoisotopic (exact) mass is 331 g/mol. The van der Waals surface area contributed by atoms with Crippen LogP contribution in [-0.2, 0) is 30.5 Å². The van der Waals surface area contributed by atoms with Crippen molar-refractivity contribution in [3.63, 3.8) is 0 Å². The molecule has 1 aromatic rings. The van der Waals surface area contributed by atoms with Gasteiger partial charge in [-0.2, -0.15) is 8.42 Å². The van der Waals surface area contributed by atoms with Crippen LogP contribution in [0.25, 0.3) is 0 Å². The minimum Gasteiger partial charge on any atom is -0.358 e. The number of hydrogen-bond acceptors (Lipinski definition) is 7. The van der Waals surface area contributed by atoms with Crippen molar-refractivity contribution in [1.82, 2.24) is 10.3 Å². The summed E-state index contributed by atoms with van der Waals surface area (Å²) in [6.45, 7) is -0.462. The van der Waals surface area contributed by atoms with Gasteiger partial charge >= 0.3 is 0 Å². The van der Waals surface area contributed by atoms with Crippen molar-refractivity contribution in [2.45, 2.75) is 25.5 Å². The Bertz CT molecular complexity index is 707. The third kappa shape index (κ3) is 4.46. The van der Waals surface area contributed by atoms with Crippen LogP contribution in [-0.4, -0.2) is 37.5 Å². The fraction of sp³-hybridized carbons (Fsp3) is 0.417. The second-order valence-electron chi connectivity index (χ2n) is 4.78. The van der Waals surface area contributed by atoms with Crippen LogP contribution in [0.15, 0.2) is 12.3 Å². The number of anilines is 1. The summed E-state index contributed by atoms with van der Waals surface area (Å²) < 4.78 is 40.0. The first-order valence-corrected chi connectivity index (χ1v) is 8.15. The number of carbonyl (C=O) groups is 2. The summed E-state index contributed by atoms with van der Waals surface area (Å²) in [4.78, 5) is 26.5. The van der Waals surface area contributed by atoms with Crippen molar-refractivity contribution < 1.29 is 26.6 Å². The van der Waals surface area contributed by atoms with Gasteiger partial charge in [-0.25, -0.2) is 9.37 Å². The van der Waals surface area contributed by atoms with Crippen LogP contribution in [0.2, 0.25) is 0 Å². The summed E-state index contributed by atoms with van der Waals surface area (Å²) in [5, 5.41) is 4.88. The Labute approximate surface area is 126 Å². The van der Waals surface area contributed by atoms with E-state index < -0.39 is 34.5 Å². The summed E-state index contributed by atoms with van der Waals surface area (Å²) in [6, 6.07) is 0.354. The number of piperidine rings is 1. The quantitative estimate of drug-likeness (QED) is 0.572. The van der Waals surface area contributed by atoms with Crippen LogP contribution in [0.1, 0.15) is 18.4 Å². The van der Waals surface area contributed by atoms with E-state index in [1.165, 1.54) is 0 Å². The molecule has 1 aliphatic rings. The molecule has 2 heterocycles. The fourth-order valence-corrected chi connectivity index (χ4v) is 2.17. The molecule has 1 aromatic heterocycles. The van der Waals surface area contributed by atoms with Gasteiger partial charge in [0.1, 0.15) is 17.7 Å². The van der Waals surface area contributed by atoms with Crippen molar-refractivity contribution in [2.24, 2.45) is 0 Å². The van der Waals surface area contributed by atoms with Crippen LogP contribution in [0.5, 0.6) is 0 Å². The maximum Gasteiger partial charge on any atom is 0.264 e. The highest BCUT2D eigenvalue weighted by atomic mass is 32.2. The van der Waals surface area contributed by atoms with E-state index in [2.05, 4.69) is 19.8 Å². The SMILES string of the molecule is CS(=O)(=O)OCc1cnc(NC2CCC(=O)NC2=O)cc1F. The molecule has 1 fully saturated rings. The first-order chi connectivity index (χ1) is 10.2. The van der Waals surface area contributed by atoms with Gasteiger partial charge < -0.3 is 5.32 Å². The van der Waals surface area contributed by atoms with Gasteiger partial charge in [0, 0.05) is 24.2 Å². The maximum absolute atomic E-state index is 13.8. The molecule has 1 saturated heterocycles. The Morgan fingerprint density at radius 3 is 2.82 bits per heavy atom. The lowest BCUT2D eigenvalue weighted by molar-refractivity contribution is -0.133. The molecular weight excluding hydrogens is 317 g/mol. The number of carbonyl (C=O) groups excluding carboxylic acids is 2. The van der Waals surface area contributed by atoms with E-state index in [0.717, 1.165) is 18.5 Å². The van der Waals surface area contributed by atoms with Crippen molar-refractivity contribution in [3.8, 4) is 0 Å². The first kappa shape index (κ1) is 16.3. The van der Waals surface area contributed by atoms with Crippen molar-refractivity contribution in [3.05, 3.63) is 23.6 Å². The lowest BCUT2D eigenvalue weighted by atomic mass is 10.1. The normalized spacial score (nSPS) is 18.9. The molecule has 0 aliphatic carbocycles. The zero-order valence-electron chi connectivity index (χ0n) is 11.6. The Balaban J connectivity index is 2.03. The van der Waals surface area contributed by atoms with Crippen LogP contribution in [0.3, 0.4) is 0 Å². The predicted octanol–water partition coefficient (Wildman–Crippen LogP) is -0.0860. The van der Waals surface area contributed by atoms with Gasteiger partial charge in [-0.3, -0.25) is 19.1 Å². The molecule has 2 amide bonds. The second kappa shape index (κ2) is 6.36. The molecule has 2 rings (SSSR count). The molecule has 120 valence electrons. The molecular formula is C12H14FN3O5S. The van der Waals surface area contributed by atoms with E-state index in [4.69, 9.17) is 0 Å². The highest BCUT2D eigenvalue weighted by molar-refractivity contribution is 7.85. The number of rotatable bonds is 5. The van der Waals surface area contributed by atoms with Gasteiger partial charge in [-0.1, -0.05) is 0 Å². The summed E-state index contributed by atoms with van der Waals surface area (Å²) in [5.41, 5.74) is -0.0285. The topological polar surface area (TPSA) is 114 Å². The van der Waals surface area contributed by atoms with E-state index in [-0.39, 0.29) is 30.1 Å². The second-order valence-corrected chi connectivity index (χ2v) is 6.42. The van der Waals surface area contributed by atoms with Gasteiger partial charge in [0.25, 0.3) is 10.1 Å². The molecule has 0 spiro atoms. The van der Waals surface area contributed by atoms with E-state index >= 15 is 0 Å². The van der Waals surface area contributed by atoms with E-state index in [1.54, 1.807) is 0 Å². The number of nitrogens with zero attached hydrogens (tertiary/aromatic N) is 1. The molecule has 1 aliphatic heterocycles. The Morgan fingerprint density at radius 2 is 2.23 bits per heavy atom. The number of pyridine rings is 1. The predicted molar refractivity (Wildman–Crippen MR) is 73.6 cm³/mol. The molecule has 0 saturated carbocycles. The molecule has 0 radical (unpaired) electrons. The van der Waals surface area contributed by atoms with Crippen LogP contribution in [0, 0.1) is 5.82 Å². The molecule has 0 bridgehead atoms. The summed E-state index contributed by atoms with van der Waals surface area (Å²) in [5.74, 6) is -1.46. The fourth-order valence-electron chi connectivity index (χ4n) is 1.82. The smallest absolute Gasteiger partial charge is 0.264 e. The van der Waals surface area contributed by atoms with Crippen LogP contribution < -0.4 is 10.6 Å². The maximum atomic E-state index is 13.8. The number of hydrogen-bond donors (Lipinski definition) is 2. The average Bonchev–Trinajstić information content (AvgIpc) is 2.40. The van der Waals surface area contributed by atoms with E-state index in [0.29, 0.717) is 0 Å². The number of halogens is 1. The molecule has 0 aromatic carbocycles. The molecule has 2 N–H and O–H groups in total. The van der Waals surface area contributed by atoms with Crippen molar-refractivity contribution in [2.75, 3.05) is 11.6 Å².